The fraction of sp³-hybridized carbons (Fsp3) is 0.278. The largest absolute Gasteiger partial charge is 0.495 e. The SMILES string of the molecule is COc1ccc(S(=O)(=O)CCC(=O)NCCc2ccccc2)cc1Cl. The average Bonchev–Trinajstić information content (AvgIpc) is 2.61. The molecule has 0 aliphatic carbocycles. The minimum atomic E-state index is -3.58. The van der Waals surface area contributed by atoms with Crippen molar-refractivity contribution in [2.45, 2.75) is 17.7 Å². The summed E-state index contributed by atoms with van der Waals surface area (Å²) >= 11 is 5.96. The molecule has 0 bridgehead atoms. The van der Waals surface area contributed by atoms with Crippen LogP contribution in [0.4, 0.5) is 0 Å². The summed E-state index contributed by atoms with van der Waals surface area (Å²) in [5, 5.41) is 2.95. The Hall–Kier alpha value is -2.05. The third-order valence-corrected chi connectivity index (χ3v) is 5.67. The first kappa shape index (κ1) is 19.3. The van der Waals surface area contributed by atoms with Gasteiger partial charge in [0.25, 0.3) is 0 Å². The van der Waals surface area contributed by atoms with Crippen molar-refractivity contribution in [2.24, 2.45) is 0 Å². The Bertz CT molecular complexity index is 822. The predicted molar refractivity (Wildman–Crippen MR) is 97.8 cm³/mol. The highest BCUT2D eigenvalue weighted by Crippen LogP contribution is 2.27. The zero-order valence-corrected chi connectivity index (χ0v) is 15.4. The molecule has 0 heterocycles. The molecule has 0 spiro atoms. The van der Waals surface area contributed by atoms with Gasteiger partial charge < -0.3 is 10.1 Å². The van der Waals surface area contributed by atoms with Crippen LogP contribution in [0.15, 0.2) is 53.4 Å². The Morgan fingerprint density at radius 2 is 1.88 bits per heavy atom. The van der Waals surface area contributed by atoms with Crippen LogP contribution in [-0.4, -0.2) is 33.7 Å². The molecule has 0 saturated heterocycles. The van der Waals surface area contributed by atoms with E-state index in [1.807, 2.05) is 30.3 Å². The summed E-state index contributed by atoms with van der Waals surface area (Å²) < 4.78 is 29.6. The van der Waals surface area contributed by atoms with Gasteiger partial charge in [0.1, 0.15) is 5.75 Å². The van der Waals surface area contributed by atoms with Gasteiger partial charge in [-0.05, 0) is 30.2 Å². The lowest BCUT2D eigenvalue weighted by molar-refractivity contribution is -0.120. The van der Waals surface area contributed by atoms with Crippen molar-refractivity contribution >= 4 is 27.3 Å². The standard InChI is InChI=1S/C18H20ClNO4S/c1-24-17-8-7-15(13-16(17)19)25(22,23)12-10-18(21)20-11-9-14-5-3-2-4-6-14/h2-8,13H,9-12H2,1H3,(H,20,21). The number of hydrogen-bond donors (Lipinski definition) is 1. The number of carbonyl (C=O) groups excluding carboxylic acids is 1. The molecule has 0 fully saturated rings. The van der Waals surface area contributed by atoms with E-state index in [9.17, 15) is 13.2 Å². The summed E-state index contributed by atoms with van der Waals surface area (Å²) in [6.07, 6.45) is 0.605. The second-order valence-corrected chi connectivity index (χ2v) is 7.97. The van der Waals surface area contributed by atoms with E-state index in [1.165, 1.54) is 25.3 Å². The van der Waals surface area contributed by atoms with Gasteiger partial charge in [0.05, 0.1) is 22.8 Å². The maximum Gasteiger partial charge on any atom is 0.221 e. The molecule has 5 nitrogen and oxygen atoms in total. The zero-order valence-electron chi connectivity index (χ0n) is 13.9. The van der Waals surface area contributed by atoms with Gasteiger partial charge in [-0.3, -0.25) is 4.79 Å². The van der Waals surface area contributed by atoms with Crippen molar-refractivity contribution in [3.05, 3.63) is 59.1 Å². The molecule has 0 aliphatic rings. The lowest BCUT2D eigenvalue weighted by Crippen LogP contribution is -2.27. The average molecular weight is 382 g/mol. The van der Waals surface area contributed by atoms with E-state index in [0.717, 1.165) is 5.56 Å². The van der Waals surface area contributed by atoms with E-state index in [4.69, 9.17) is 16.3 Å². The van der Waals surface area contributed by atoms with Gasteiger partial charge in [0.2, 0.25) is 5.91 Å². The van der Waals surface area contributed by atoms with Gasteiger partial charge in [-0.25, -0.2) is 8.42 Å². The van der Waals surface area contributed by atoms with Gasteiger partial charge in [-0.1, -0.05) is 41.9 Å². The van der Waals surface area contributed by atoms with E-state index in [-0.39, 0.29) is 28.0 Å². The Balaban J connectivity index is 1.84. The predicted octanol–water partition coefficient (Wildman–Crippen LogP) is 2.87. The number of methoxy groups -OCH3 is 1. The molecule has 0 aromatic heterocycles. The number of sulfone groups is 1. The minimum Gasteiger partial charge on any atom is -0.495 e. The van der Waals surface area contributed by atoms with Crippen molar-refractivity contribution in [3.8, 4) is 5.75 Å². The lowest BCUT2D eigenvalue weighted by atomic mass is 10.1. The first-order valence-corrected chi connectivity index (χ1v) is 9.82. The first-order chi connectivity index (χ1) is 11.9. The molecule has 25 heavy (non-hydrogen) atoms. The van der Waals surface area contributed by atoms with Crippen LogP contribution in [0.1, 0.15) is 12.0 Å². The molecule has 1 N–H and O–H groups in total. The number of nitrogens with one attached hydrogen (secondary N) is 1. The van der Waals surface area contributed by atoms with Gasteiger partial charge in [0, 0.05) is 13.0 Å². The summed E-state index contributed by atoms with van der Waals surface area (Å²) in [7, 11) is -2.13. The minimum absolute atomic E-state index is 0.0791. The van der Waals surface area contributed by atoms with E-state index >= 15 is 0 Å². The molecule has 0 aliphatic heterocycles. The molecule has 0 saturated carbocycles. The summed E-state index contributed by atoms with van der Waals surface area (Å²) in [6.45, 7) is 0.470. The summed E-state index contributed by atoms with van der Waals surface area (Å²) in [5.41, 5.74) is 1.11. The molecular formula is C18H20ClNO4S. The van der Waals surface area contributed by atoms with Gasteiger partial charge in [-0.2, -0.15) is 0 Å². The van der Waals surface area contributed by atoms with Crippen molar-refractivity contribution in [1.82, 2.24) is 5.32 Å². The molecular weight excluding hydrogens is 362 g/mol. The van der Waals surface area contributed by atoms with Crippen LogP contribution in [0.5, 0.6) is 5.75 Å². The number of carbonyl (C=O) groups is 1. The van der Waals surface area contributed by atoms with Crippen molar-refractivity contribution in [1.29, 1.82) is 0 Å². The lowest BCUT2D eigenvalue weighted by Gasteiger charge is -2.08. The van der Waals surface area contributed by atoms with Crippen LogP contribution in [0.2, 0.25) is 5.02 Å². The van der Waals surface area contributed by atoms with E-state index in [1.54, 1.807) is 0 Å². The van der Waals surface area contributed by atoms with Crippen molar-refractivity contribution in [3.63, 3.8) is 0 Å². The molecule has 7 heteroatoms. The van der Waals surface area contributed by atoms with E-state index in [0.29, 0.717) is 18.7 Å². The second-order valence-electron chi connectivity index (χ2n) is 5.45. The Labute approximate surface area is 152 Å². The van der Waals surface area contributed by atoms with Gasteiger partial charge in [-0.15, -0.1) is 0 Å². The first-order valence-electron chi connectivity index (χ1n) is 7.79. The molecule has 1 amide bonds. The number of ether oxygens (including phenoxy) is 1. The number of rotatable bonds is 8. The van der Waals surface area contributed by atoms with Crippen LogP contribution < -0.4 is 10.1 Å². The molecule has 0 atom stereocenters. The number of halogens is 1. The second kappa shape index (κ2) is 8.87. The van der Waals surface area contributed by atoms with Gasteiger partial charge >= 0.3 is 0 Å². The third-order valence-electron chi connectivity index (χ3n) is 3.66. The Kier molecular flexibility index (Phi) is 6.84. The molecule has 0 unspecified atom stereocenters. The Morgan fingerprint density at radius 1 is 1.16 bits per heavy atom. The van der Waals surface area contributed by atoms with Crippen LogP contribution in [0, 0.1) is 0 Å². The number of amides is 1. The fourth-order valence-electron chi connectivity index (χ4n) is 2.26. The van der Waals surface area contributed by atoms with Crippen LogP contribution in [-0.2, 0) is 21.1 Å². The summed E-state index contributed by atoms with van der Waals surface area (Å²) in [6, 6.07) is 14.0. The molecule has 2 aromatic rings. The zero-order chi connectivity index (χ0) is 18.3. The van der Waals surface area contributed by atoms with E-state index < -0.39 is 9.84 Å². The van der Waals surface area contributed by atoms with Gasteiger partial charge in [0.15, 0.2) is 9.84 Å². The maximum absolute atomic E-state index is 12.3. The molecule has 134 valence electrons. The monoisotopic (exact) mass is 381 g/mol. The van der Waals surface area contributed by atoms with Crippen molar-refractivity contribution < 1.29 is 17.9 Å². The van der Waals surface area contributed by atoms with Crippen LogP contribution in [0.3, 0.4) is 0 Å². The highest BCUT2D eigenvalue weighted by atomic mass is 35.5. The molecule has 2 aromatic carbocycles. The maximum atomic E-state index is 12.3. The summed E-state index contributed by atoms with van der Waals surface area (Å²) in [5.74, 6) is -0.161. The normalized spacial score (nSPS) is 11.1. The fourth-order valence-corrected chi connectivity index (χ4v) is 3.85. The quantitative estimate of drug-likeness (QED) is 0.763. The van der Waals surface area contributed by atoms with Crippen LogP contribution in [0.25, 0.3) is 0 Å². The molecule has 0 radical (unpaired) electrons. The van der Waals surface area contributed by atoms with Crippen LogP contribution >= 0.6 is 11.6 Å². The third kappa shape index (κ3) is 5.76. The van der Waals surface area contributed by atoms with E-state index in [2.05, 4.69) is 5.32 Å². The summed E-state index contributed by atoms with van der Waals surface area (Å²) in [4.78, 5) is 11.9. The number of benzene rings is 2. The Morgan fingerprint density at radius 3 is 2.52 bits per heavy atom. The highest BCUT2D eigenvalue weighted by Gasteiger charge is 2.18. The van der Waals surface area contributed by atoms with Crippen molar-refractivity contribution in [2.75, 3.05) is 19.4 Å². The molecule has 2 rings (SSSR count). The smallest absolute Gasteiger partial charge is 0.221 e. The number of hydrogen-bond acceptors (Lipinski definition) is 4. The topological polar surface area (TPSA) is 72.5 Å². The highest BCUT2D eigenvalue weighted by molar-refractivity contribution is 7.91.